The Bertz CT molecular complexity index is 786. The average molecular weight is 356 g/mol. The van der Waals surface area contributed by atoms with E-state index in [2.05, 4.69) is 90.2 Å². The second-order valence-electron chi connectivity index (χ2n) is 7.61. The first kappa shape index (κ1) is 18.0. The molecule has 0 saturated carbocycles. The van der Waals surface area contributed by atoms with E-state index < -0.39 is 0 Å². The van der Waals surface area contributed by atoms with Crippen molar-refractivity contribution >= 4 is 0 Å². The fraction of sp³-hybridized carbons (Fsp3) is 0.308. The van der Waals surface area contributed by atoms with Gasteiger partial charge >= 0.3 is 0 Å². The van der Waals surface area contributed by atoms with Gasteiger partial charge in [-0.3, -0.25) is 0 Å². The Balaban J connectivity index is 1.47. The minimum absolute atomic E-state index is 0.445. The van der Waals surface area contributed by atoms with Crippen LogP contribution in [0.1, 0.15) is 59.9 Å². The van der Waals surface area contributed by atoms with Gasteiger partial charge in [0.25, 0.3) is 0 Å². The van der Waals surface area contributed by atoms with Crippen LogP contribution in [0, 0.1) is 0 Å². The molecule has 4 rings (SSSR count). The second kappa shape index (κ2) is 9.01. The first-order valence-corrected chi connectivity index (χ1v) is 10.3. The second-order valence-corrected chi connectivity index (χ2v) is 7.61. The zero-order chi connectivity index (χ0) is 18.3. The summed E-state index contributed by atoms with van der Waals surface area (Å²) in [6.45, 7) is 1.04. The van der Waals surface area contributed by atoms with Crippen LogP contribution in [0.2, 0.25) is 0 Å². The topological polar surface area (TPSA) is 12.0 Å². The van der Waals surface area contributed by atoms with Crippen LogP contribution in [0.4, 0.5) is 0 Å². The van der Waals surface area contributed by atoms with Crippen LogP contribution in [-0.4, -0.2) is 6.54 Å². The van der Waals surface area contributed by atoms with Crippen LogP contribution < -0.4 is 5.32 Å². The molecule has 0 aliphatic heterocycles. The van der Waals surface area contributed by atoms with Crippen molar-refractivity contribution in [3.8, 4) is 0 Å². The van der Waals surface area contributed by atoms with Gasteiger partial charge in [-0.2, -0.15) is 0 Å². The van der Waals surface area contributed by atoms with Crippen molar-refractivity contribution < 1.29 is 0 Å². The van der Waals surface area contributed by atoms with Gasteiger partial charge in [0, 0.05) is 12.0 Å². The Morgan fingerprint density at radius 3 is 2.07 bits per heavy atom. The van der Waals surface area contributed by atoms with E-state index in [4.69, 9.17) is 0 Å². The lowest BCUT2D eigenvalue weighted by Gasteiger charge is -2.23. The molecule has 1 nitrogen and oxygen atoms in total. The highest BCUT2D eigenvalue weighted by Crippen LogP contribution is 2.30. The van der Waals surface area contributed by atoms with Gasteiger partial charge in [-0.05, 0) is 54.5 Å². The van der Waals surface area contributed by atoms with Gasteiger partial charge in [-0.25, -0.2) is 0 Å². The molecule has 1 aliphatic carbocycles. The quantitative estimate of drug-likeness (QED) is 0.514. The van der Waals surface area contributed by atoms with Crippen molar-refractivity contribution in [2.45, 2.75) is 44.1 Å². The lowest BCUT2D eigenvalue weighted by atomic mass is 9.88. The van der Waals surface area contributed by atoms with Gasteiger partial charge in [0.1, 0.15) is 0 Å². The van der Waals surface area contributed by atoms with Gasteiger partial charge in [-0.15, -0.1) is 0 Å². The van der Waals surface area contributed by atoms with Crippen LogP contribution in [-0.2, 0) is 6.42 Å². The molecule has 0 saturated heterocycles. The highest BCUT2D eigenvalue weighted by atomic mass is 14.9. The highest BCUT2D eigenvalue weighted by Gasteiger charge is 2.19. The van der Waals surface area contributed by atoms with Crippen molar-refractivity contribution in [1.29, 1.82) is 0 Å². The van der Waals surface area contributed by atoms with Crippen LogP contribution >= 0.6 is 0 Å². The molecule has 0 fully saturated rings. The third-order valence-electron chi connectivity index (χ3n) is 5.85. The van der Waals surface area contributed by atoms with Crippen molar-refractivity contribution in [2.75, 3.05) is 6.54 Å². The molecule has 0 radical (unpaired) electrons. The Morgan fingerprint density at radius 1 is 0.741 bits per heavy atom. The summed E-state index contributed by atoms with van der Waals surface area (Å²) >= 11 is 0. The van der Waals surface area contributed by atoms with E-state index in [9.17, 15) is 0 Å². The Labute approximate surface area is 163 Å². The molecule has 0 spiro atoms. The summed E-state index contributed by atoms with van der Waals surface area (Å²) < 4.78 is 0. The van der Waals surface area contributed by atoms with E-state index in [1.807, 2.05) is 0 Å². The number of hydrogen-bond acceptors (Lipinski definition) is 1. The summed E-state index contributed by atoms with van der Waals surface area (Å²) in [5.74, 6) is 0.445. The van der Waals surface area contributed by atoms with E-state index in [-0.39, 0.29) is 0 Å². The van der Waals surface area contributed by atoms with Crippen LogP contribution in [0.25, 0.3) is 0 Å². The average Bonchev–Trinajstić information content (AvgIpc) is 2.95. The molecule has 1 heteroatoms. The monoisotopic (exact) mass is 355 g/mol. The highest BCUT2D eigenvalue weighted by molar-refractivity contribution is 5.33. The van der Waals surface area contributed by atoms with E-state index in [1.54, 1.807) is 0 Å². The largest absolute Gasteiger partial charge is 0.310 e. The minimum atomic E-state index is 0.445. The van der Waals surface area contributed by atoms with E-state index in [0.717, 1.165) is 13.0 Å². The first-order chi connectivity index (χ1) is 13.4. The van der Waals surface area contributed by atoms with Gasteiger partial charge < -0.3 is 5.32 Å². The molecule has 0 heterocycles. The maximum absolute atomic E-state index is 3.89. The first-order valence-electron chi connectivity index (χ1n) is 10.3. The number of hydrogen-bond donors (Lipinski definition) is 1. The van der Waals surface area contributed by atoms with Gasteiger partial charge in [0.15, 0.2) is 0 Å². The molecule has 0 aromatic heterocycles. The predicted molar refractivity (Wildman–Crippen MR) is 114 cm³/mol. The third kappa shape index (κ3) is 4.48. The molecular formula is C26H29N. The minimum Gasteiger partial charge on any atom is -0.310 e. The summed E-state index contributed by atoms with van der Waals surface area (Å²) in [6, 6.07) is 31.4. The molecule has 1 N–H and O–H groups in total. The maximum atomic E-state index is 3.89. The summed E-state index contributed by atoms with van der Waals surface area (Å²) in [5.41, 5.74) is 5.87. The summed E-state index contributed by atoms with van der Waals surface area (Å²) in [6.07, 6.45) is 6.22. The van der Waals surface area contributed by atoms with Crippen molar-refractivity contribution in [1.82, 2.24) is 5.32 Å². The van der Waals surface area contributed by atoms with Crippen molar-refractivity contribution in [3.05, 3.63) is 107 Å². The molecule has 27 heavy (non-hydrogen) atoms. The molecule has 138 valence electrons. The van der Waals surface area contributed by atoms with Gasteiger partial charge in [-0.1, -0.05) is 91.3 Å². The van der Waals surface area contributed by atoms with Crippen LogP contribution in [0.5, 0.6) is 0 Å². The van der Waals surface area contributed by atoms with Crippen LogP contribution in [0.3, 0.4) is 0 Å². The van der Waals surface area contributed by atoms with Crippen molar-refractivity contribution in [3.63, 3.8) is 0 Å². The summed E-state index contributed by atoms with van der Waals surface area (Å²) in [4.78, 5) is 0. The normalized spacial score (nSPS) is 16.7. The van der Waals surface area contributed by atoms with Crippen molar-refractivity contribution in [2.24, 2.45) is 0 Å². The molecular weight excluding hydrogens is 326 g/mol. The number of nitrogens with one attached hydrogen (secondary N) is 1. The molecule has 1 atom stereocenters. The fourth-order valence-electron chi connectivity index (χ4n) is 4.43. The molecule has 0 bridgehead atoms. The van der Waals surface area contributed by atoms with E-state index >= 15 is 0 Å². The van der Waals surface area contributed by atoms with Gasteiger partial charge in [0.2, 0.25) is 0 Å². The lowest BCUT2D eigenvalue weighted by Crippen LogP contribution is -2.24. The summed E-state index contributed by atoms with van der Waals surface area (Å²) in [7, 11) is 0. The molecule has 3 aromatic rings. The fourth-order valence-corrected chi connectivity index (χ4v) is 4.43. The maximum Gasteiger partial charge on any atom is 0.0322 e. The van der Waals surface area contributed by atoms with E-state index in [0.29, 0.717) is 12.0 Å². The summed E-state index contributed by atoms with van der Waals surface area (Å²) in [5, 5.41) is 3.89. The Hall–Kier alpha value is -2.38. The third-order valence-corrected chi connectivity index (χ3v) is 5.85. The van der Waals surface area contributed by atoms with Gasteiger partial charge in [0.05, 0.1) is 0 Å². The number of aryl methyl sites for hydroxylation is 1. The molecule has 1 unspecified atom stereocenters. The lowest BCUT2D eigenvalue weighted by molar-refractivity contribution is 0.475. The predicted octanol–water partition coefficient (Wildman–Crippen LogP) is 6.27. The Kier molecular flexibility index (Phi) is 6.01. The number of benzene rings is 3. The van der Waals surface area contributed by atoms with E-state index in [1.165, 1.54) is 47.9 Å². The molecule has 0 amide bonds. The SMILES string of the molecule is c1ccc(C(CCNC2CCCCc3ccccc32)c2ccccc2)cc1. The number of fused-ring (bicyclic) bond motifs is 1. The zero-order valence-corrected chi connectivity index (χ0v) is 16.0. The Morgan fingerprint density at radius 2 is 1.37 bits per heavy atom. The smallest absolute Gasteiger partial charge is 0.0322 e. The molecule has 1 aliphatic rings. The standard InChI is InChI=1S/C26H29N/c1-3-11-21(12-4-1)24(22-13-5-2-6-14-22)19-20-27-26-18-10-8-16-23-15-7-9-17-25(23)26/h1-7,9,11-15,17,24,26-27H,8,10,16,18-20H2. The zero-order valence-electron chi connectivity index (χ0n) is 16.0. The van der Waals surface area contributed by atoms with Crippen LogP contribution in [0.15, 0.2) is 84.9 Å². The molecule has 3 aromatic carbocycles. The number of rotatable bonds is 6.